The van der Waals surface area contributed by atoms with Gasteiger partial charge in [0.05, 0.1) is 0 Å². The normalized spacial score (nSPS) is 9.44. The average Bonchev–Trinajstić information content (AvgIpc) is 1.59. The third-order valence-electron chi connectivity index (χ3n) is 0.605. The smallest absolute Gasteiger partial charge is 0.330 e. The Kier molecular flexibility index (Phi) is 1.42. The lowest BCUT2D eigenvalue weighted by molar-refractivity contribution is -0.155. The van der Waals surface area contributed by atoms with E-state index in [0.29, 0.717) is 0 Å². The minimum Gasteiger partial charge on any atom is -0.588 e. The maximum atomic E-state index is 10.4. The van der Waals surface area contributed by atoms with Crippen molar-refractivity contribution in [1.82, 2.24) is 14.5 Å². The summed E-state index contributed by atoms with van der Waals surface area (Å²) in [4.78, 5) is 13.8. The quantitative estimate of drug-likeness (QED) is 0.455. The van der Waals surface area contributed by atoms with Gasteiger partial charge in [0.2, 0.25) is 0 Å². The monoisotopic (exact) mass is 145 g/mol. The molecule has 0 aliphatic carbocycles. The van der Waals surface area contributed by atoms with Crippen LogP contribution in [0.25, 0.3) is 0 Å². The fourth-order valence-electron chi connectivity index (χ4n) is 0.360. The first kappa shape index (κ1) is 6.12. The van der Waals surface area contributed by atoms with Crippen molar-refractivity contribution in [3.63, 3.8) is 0 Å². The predicted molar refractivity (Wildman–Crippen MR) is 31.2 cm³/mol. The Morgan fingerprint density at radius 1 is 1.22 bits per heavy atom. The van der Waals surface area contributed by atoms with E-state index in [4.69, 9.17) is 11.5 Å². The van der Waals surface area contributed by atoms with Gasteiger partial charge >= 0.3 is 8.08 Å². The van der Waals surface area contributed by atoms with Crippen molar-refractivity contribution in [2.24, 2.45) is 0 Å². The molecule has 0 atom stereocenters. The second-order valence-corrected chi connectivity index (χ2v) is 2.19. The van der Waals surface area contributed by atoms with Crippen LogP contribution in [0.1, 0.15) is 0 Å². The molecule has 6 nitrogen and oxygen atoms in total. The molecular weight excluding hydrogens is 141 g/mol. The predicted octanol–water partition coefficient (Wildman–Crippen LogP) is -1.57. The molecule has 7 heteroatoms. The average molecular weight is 145 g/mol. The molecule has 48 valence electrons. The van der Waals surface area contributed by atoms with Crippen molar-refractivity contribution in [2.75, 3.05) is 11.5 Å². The molecule has 1 aromatic rings. The van der Waals surface area contributed by atoms with E-state index in [0.717, 1.165) is 0 Å². The highest BCUT2D eigenvalue weighted by Gasteiger charge is 2.00. The van der Waals surface area contributed by atoms with E-state index in [2.05, 4.69) is 14.5 Å². The Morgan fingerprint density at radius 3 is 2.00 bits per heavy atom. The van der Waals surface area contributed by atoms with Gasteiger partial charge in [-0.3, -0.25) is 0 Å². The molecular formula is C2H4N5OP. The Hall–Kier alpha value is -1.00. The minimum atomic E-state index is -1.99. The Bertz CT molecular complexity index is 176. The summed E-state index contributed by atoms with van der Waals surface area (Å²) in [5.74, 6) is -0.160. The van der Waals surface area contributed by atoms with E-state index in [-0.39, 0.29) is 11.9 Å². The first-order chi connectivity index (χ1) is 4.18. The zero-order valence-corrected chi connectivity index (χ0v) is 5.25. The van der Waals surface area contributed by atoms with Crippen LogP contribution in [0.15, 0.2) is 0 Å². The van der Waals surface area contributed by atoms with E-state index < -0.39 is 8.08 Å². The number of hydrogen-bond donors (Lipinski definition) is 2. The molecule has 1 aromatic heterocycles. The standard InChI is InChI=1S/C2H4N5OP/c3-1-5-2(4)7-9(8)6-1/h(H4,3,4,5,6,7). The van der Waals surface area contributed by atoms with E-state index in [1.54, 1.807) is 0 Å². The van der Waals surface area contributed by atoms with Gasteiger partial charge in [0.15, 0.2) is 0 Å². The van der Waals surface area contributed by atoms with Gasteiger partial charge in [0.25, 0.3) is 11.9 Å². The van der Waals surface area contributed by atoms with Crippen LogP contribution in [0.3, 0.4) is 0 Å². The minimum absolute atomic E-state index is 0.0800. The lowest BCUT2D eigenvalue weighted by Gasteiger charge is -1.88. The summed E-state index contributed by atoms with van der Waals surface area (Å²) >= 11 is 0. The van der Waals surface area contributed by atoms with Crippen LogP contribution >= 0.6 is 8.08 Å². The Morgan fingerprint density at radius 2 is 1.67 bits per heavy atom. The fourth-order valence-corrected chi connectivity index (χ4v) is 0.844. The highest BCUT2D eigenvalue weighted by Crippen LogP contribution is 2.07. The van der Waals surface area contributed by atoms with Crippen LogP contribution in [0, 0.1) is 0 Å². The summed E-state index contributed by atoms with van der Waals surface area (Å²) < 4.78 is 6.61. The first-order valence-electron chi connectivity index (χ1n) is 2.05. The molecule has 0 bridgehead atoms. The highest BCUT2D eigenvalue weighted by atomic mass is 31.1. The van der Waals surface area contributed by atoms with Gasteiger partial charge in [-0.1, -0.05) is 0 Å². The fraction of sp³-hybridized carbons (Fsp3) is 0. The third-order valence-corrected chi connectivity index (χ3v) is 1.36. The van der Waals surface area contributed by atoms with Crippen LogP contribution in [0.4, 0.5) is 11.9 Å². The van der Waals surface area contributed by atoms with Crippen LogP contribution in [0.2, 0.25) is 0 Å². The second kappa shape index (κ2) is 2.08. The third kappa shape index (κ3) is 1.45. The van der Waals surface area contributed by atoms with Crippen molar-refractivity contribution < 1.29 is 4.89 Å². The van der Waals surface area contributed by atoms with Crippen molar-refractivity contribution >= 4 is 20.0 Å². The first-order valence-corrected chi connectivity index (χ1v) is 3.22. The molecule has 1 rings (SSSR count). The molecule has 4 N–H and O–H groups in total. The Labute approximate surface area is 51.9 Å². The summed E-state index contributed by atoms with van der Waals surface area (Å²) in [6.45, 7) is 0. The van der Waals surface area contributed by atoms with Crippen molar-refractivity contribution in [3.05, 3.63) is 0 Å². The molecule has 0 radical (unpaired) electrons. The largest absolute Gasteiger partial charge is 0.588 e. The molecule has 9 heavy (non-hydrogen) atoms. The molecule has 0 aliphatic heterocycles. The van der Waals surface area contributed by atoms with Crippen LogP contribution < -0.4 is 16.4 Å². The molecule has 0 aromatic carbocycles. The molecule has 0 fully saturated rings. The molecule has 0 amide bonds. The topological polar surface area (TPSA) is 114 Å². The Balaban J connectivity index is 3.17. The van der Waals surface area contributed by atoms with Crippen molar-refractivity contribution in [2.45, 2.75) is 0 Å². The zero-order chi connectivity index (χ0) is 6.85. The number of aromatic nitrogens is 3. The van der Waals surface area contributed by atoms with E-state index in [1.807, 2.05) is 0 Å². The summed E-state index contributed by atoms with van der Waals surface area (Å²) in [5, 5.41) is 0. The second-order valence-electron chi connectivity index (χ2n) is 1.28. The summed E-state index contributed by atoms with van der Waals surface area (Å²) in [5.41, 5.74) is 10.1. The number of nitrogens with two attached hydrogens (primary N) is 2. The molecule has 0 saturated heterocycles. The van der Waals surface area contributed by atoms with Gasteiger partial charge in [-0.2, -0.15) is 4.98 Å². The van der Waals surface area contributed by atoms with E-state index >= 15 is 0 Å². The highest BCUT2D eigenvalue weighted by molar-refractivity contribution is 7.33. The number of anilines is 2. The van der Waals surface area contributed by atoms with Gasteiger partial charge in [0.1, 0.15) is 0 Å². The van der Waals surface area contributed by atoms with Gasteiger partial charge in [0, 0.05) is 0 Å². The number of nitrogens with zero attached hydrogens (tertiary/aromatic N) is 3. The zero-order valence-electron chi connectivity index (χ0n) is 4.35. The summed E-state index contributed by atoms with van der Waals surface area (Å²) in [6.07, 6.45) is 0. The molecule has 0 aliphatic rings. The van der Waals surface area contributed by atoms with E-state index in [1.165, 1.54) is 0 Å². The summed E-state index contributed by atoms with van der Waals surface area (Å²) in [7, 11) is -1.99. The number of rotatable bonds is 0. The van der Waals surface area contributed by atoms with E-state index in [9.17, 15) is 4.89 Å². The van der Waals surface area contributed by atoms with Crippen LogP contribution in [-0.4, -0.2) is 14.5 Å². The van der Waals surface area contributed by atoms with Crippen molar-refractivity contribution in [1.29, 1.82) is 0 Å². The SMILES string of the molecule is Nc1nc(N)n[p+]([O-])n1. The molecule has 0 spiro atoms. The maximum absolute atomic E-state index is 10.4. The summed E-state index contributed by atoms with van der Waals surface area (Å²) in [6, 6.07) is 0. The number of nitrogen functional groups attached to an aromatic ring is 2. The van der Waals surface area contributed by atoms with Crippen LogP contribution in [-0.2, 0) is 0 Å². The van der Waals surface area contributed by atoms with Crippen LogP contribution in [0.5, 0.6) is 0 Å². The lowest BCUT2D eigenvalue weighted by Crippen LogP contribution is -2.03. The molecule has 0 saturated carbocycles. The van der Waals surface area contributed by atoms with Gasteiger partial charge < -0.3 is 16.4 Å². The lowest BCUT2D eigenvalue weighted by atomic mass is 11.0. The molecule has 0 unspecified atom stereocenters. The number of hydrogen-bond acceptors (Lipinski definition) is 6. The van der Waals surface area contributed by atoms with Gasteiger partial charge in [-0.25, -0.2) is 0 Å². The van der Waals surface area contributed by atoms with Gasteiger partial charge in [-0.05, 0) is 9.49 Å². The maximum Gasteiger partial charge on any atom is 0.330 e. The molecule has 1 heterocycles. The van der Waals surface area contributed by atoms with Crippen molar-refractivity contribution in [3.8, 4) is 0 Å². The van der Waals surface area contributed by atoms with Gasteiger partial charge in [-0.15, -0.1) is 0 Å².